The van der Waals surface area contributed by atoms with Gasteiger partial charge in [0.25, 0.3) is 0 Å². The van der Waals surface area contributed by atoms with E-state index in [1.165, 1.54) is 17.1 Å². The average molecular weight is 351 g/mol. The summed E-state index contributed by atoms with van der Waals surface area (Å²) >= 11 is 0. The molecule has 1 amide bonds. The van der Waals surface area contributed by atoms with Crippen LogP contribution in [0.15, 0.2) is 35.2 Å². The van der Waals surface area contributed by atoms with Gasteiger partial charge >= 0.3 is 0 Å². The summed E-state index contributed by atoms with van der Waals surface area (Å²) < 4.78 is 26.7. The Balaban J connectivity index is 1.49. The minimum atomic E-state index is -3.43. The molecule has 0 bridgehead atoms. The maximum absolute atomic E-state index is 12.6. The molecule has 1 aromatic carbocycles. The van der Waals surface area contributed by atoms with Crippen LogP contribution in [0.25, 0.3) is 0 Å². The van der Waals surface area contributed by atoms with E-state index in [1.807, 2.05) is 4.90 Å². The quantitative estimate of drug-likeness (QED) is 0.861. The van der Waals surface area contributed by atoms with Gasteiger partial charge in [-0.25, -0.2) is 8.42 Å². The summed E-state index contributed by atoms with van der Waals surface area (Å²) in [6.07, 6.45) is 4.55. The molecule has 1 saturated carbocycles. The second-order valence-corrected chi connectivity index (χ2v) is 8.48. The van der Waals surface area contributed by atoms with E-state index in [-0.39, 0.29) is 5.91 Å². The first-order valence-corrected chi connectivity index (χ1v) is 10.1. The third-order valence-corrected chi connectivity index (χ3v) is 6.71. The number of benzene rings is 1. The molecule has 0 aromatic heterocycles. The summed E-state index contributed by atoms with van der Waals surface area (Å²) in [5, 5.41) is 3.08. The molecule has 2 aliphatic rings. The fourth-order valence-corrected chi connectivity index (χ4v) is 4.86. The molecule has 7 heteroatoms. The predicted octanol–water partition coefficient (Wildman–Crippen LogP) is 1.05. The van der Waals surface area contributed by atoms with Crippen molar-refractivity contribution in [1.82, 2.24) is 14.5 Å². The van der Waals surface area contributed by atoms with Crippen LogP contribution in [0.5, 0.6) is 0 Å². The zero-order valence-electron chi connectivity index (χ0n) is 13.9. The molecule has 1 aliphatic carbocycles. The first-order chi connectivity index (χ1) is 11.6. The highest BCUT2D eigenvalue weighted by Crippen LogP contribution is 2.18. The van der Waals surface area contributed by atoms with Crippen molar-refractivity contribution in [3.8, 4) is 0 Å². The van der Waals surface area contributed by atoms with Crippen LogP contribution in [-0.4, -0.2) is 62.3 Å². The van der Waals surface area contributed by atoms with Crippen molar-refractivity contribution in [3.05, 3.63) is 30.3 Å². The van der Waals surface area contributed by atoms with Gasteiger partial charge in [-0.15, -0.1) is 0 Å². The summed E-state index contributed by atoms with van der Waals surface area (Å²) in [6.45, 7) is 2.38. The minimum Gasteiger partial charge on any atom is -0.352 e. The summed E-state index contributed by atoms with van der Waals surface area (Å²) in [5.41, 5.74) is 0. The Labute approximate surface area is 143 Å². The standard InChI is InChI=1S/C17H25N3O3S/c21-17(18-15-6-4-5-7-15)14-19-10-12-20(13-11-19)24(22,23)16-8-2-1-3-9-16/h1-3,8-9,15H,4-7,10-14H2,(H,18,21). The van der Waals surface area contributed by atoms with Crippen molar-refractivity contribution in [2.45, 2.75) is 36.6 Å². The maximum Gasteiger partial charge on any atom is 0.243 e. The monoisotopic (exact) mass is 351 g/mol. The molecule has 6 nitrogen and oxygen atoms in total. The molecule has 2 fully saturated rings. The number of rotatable bonds is 5. The highest BCUT2D eigenvalue weighted by Gasteiger charge is 2.29. The maximum atomic E-state index is 12.6. The van der Waals surface area contributed by atoms with E-state index >= 15 is 0 Å². The van der Waals surface area contributed by atoms with Crippen LogP contribution in [0.1, 0.15) is 25.7 Å². The van der Waals surface area contributed by atoms with Gasteiger partial charge in [0.2, 0.25) is 15.9 Å². The SMILES string of the molecule is O=C(CN1CCN(S(=O)(=O)c2ccccc2)CC1)NC1CCCC1. The van der Waals surface area contributed by atoms with E-state index in [4.69, 9.17) is 0 Å². The molecule has 24 heavy (non-hydrogen) atoms. The number of carbonyl (C=O) groups excluding carboxylic acids is 1. The summed E-state index contributed by atoms with van der Waals surface area (Å²) in [7, 11) is -3.43. The third kappa shape index (κ3) is 4.15. The van der Waals surface area contributed by atoms with Gasteiger partial charge < -0.3 is 5.32 Å². The van der Waals surface area contributed by atoms with Crippen LogP contribution in [0.4, 0.5) is 0 Å². The Morgan fingerprint density at radius 2 is 1.67 bits per heavy atom. The van der Waals surface area contributed by atoms with Gasteiger partial charge in [0, 0.05) is 32.2 Å². The predicted molar refractivity (Wildman–Crippen MR) is 92.0 cm³/mol. The van der Waals surface area contributed by atoms with E-state index in [1.54, 1.807) is 30.3 Å². The molecule has 0 radical (unpaired) electrons. The number of amides is 1. The zero-order valence-corrected chi connectivity index (χ0v) is 14.7. The molecule has 1 saturated heterocycles. The first-order valence-electron chi connectivity index (χ1n) is 8.62. The van der Waals surface area contributed by atoms with E-state index in [0.29, 0.717) is 43.7 Å². The van der Waals surface area contributed by atoms with Gasteiger partial charge in [-0.1, -0.05) is 31.0 Å². The summed E-state index contributed by atoms with van der Waals surface area (Å²) in [4.78, 5) is 14.4. The lowest BCUT2D eigenvalue weighted by Crippen LogP contribution is -2.51. The molecule has 1 aromatic rings. The Kier molecular flexibility index (Phi) is 5.53. The number of hydrogen-bond acceptors (Lipinski definition) is 4. The number of piperazine rings is 1. The van der Waals surface area contributed by atoms with Crippen molar-refractivity contribution in [2.75, 3.05) is 32.7 Å². The van der Waals surface area contributed by atoms with Crippen molar-refractivity contribution in [3.63, 3.8) is 0 Å². The van der Waals surface area contributed by atoms with Crippen LogP contribution in [-0.2, 0) is 14.8 Å². The molecule has 1 heterocycles. The smallest absolute Gasteiger partial charge is 0.243 e. The largest absolute Gasteiger partial charge is 0.352 e. The number of carbonyl (C=O) groups is 1. The highest BCUT2D eigenvalue weighted by atomic mass is 32.2. The molecular formula is C17H25N3O3S. The average Bonchev–Trinajstić information content (AvgIpc) is 3.09. The third-order valence-electron chi connectivity index (χ3n) is 4.80. The highest BCUT2D eigenvalue weighted by molar-refractivity contribution is 7.89. The van der Waals surface area contributed by atoms with Crippen molar-refractivity contribution < 1.29 is 13.2 Å². The number of nitrogens with zero attached hydrogens (tertiary/aromatic N) is 2. The number of hydrogen-bond donors (Lipinski definition) is 1. The molecule has 1 N–H and O–H groups in total. The minimum absolute atomic E-state index is 0.0567. The molecule has 3 rings (SSSR count). The Morgan fingerprint density at radius 1 is 1.04 bits per heavy atom. The Bertz CT molecular complexity index is 649. The van der Waals surface area contributed by atoms with Crippen molar-refractivity contribution in [2.24, 2.45) is 0 Å². The molecule has 1 aliphatic heterocycles. The van der Waals surface area contributed by atoms with Gasteiger partial charge in [-0.3, -0.25) is 9.69 Å². The lowest BCUT2D eigenvalue weighted by atomic mass is 10.2. The van der Waals surface area contributed by atoms with Gasteiger partial charge in [-0.05, 0) is 25.0 Å². The normalized spacial score (nSPS) is 21.0. The molecular weight excluding hydrogens is 326 g/mol. The molecule has 0 spiro atoms. The van der Waals surface area contributed by atoms with Crippen molar-refractivity contribution in [1.29, 1.82) is 0 Å². The van der Waals surface area contributed by atoms with Crippen LogP contribution >= 0.6 is 0 Å². The number of sulfonamides is 1. The second kappa shape index (κ2) is 7.63. The van der Waals surface area contributed by atoms with E-state index in [9.17, 15) is 13.2 Å². The van der Waals surface area contributed by atoms with Gasteiger partial charge in [0.05, 0.1) is 11.4 Å². The fourth-order valence-electron chi connectivity index (χ4n) is 3.42. The zero-order chi connectivity index (χ0) is 17.0. The van der Waals surface area contributed by atoms with Crippen molar-refractivity contribution >= 4 is 15.9 Å². The summed E-state index contributed by atoms with van der Waals surface area (Å²) in [5.74, 6) is 0.0567. The number of nitrogens with one attached hydrogen (secondary N) is 1. The van der Waals surface area contributed by atoms with E-state index < -0.39 is 10.0 Å². The molecule has 132 valence electrons. The van der Waals surface area contributed by atoms with Gasteiger partial charge in [0.1, 0.15) is 0 Å². The lowest BCUT2D eigenvalue weighted by Gasteiger charge is -2.33. The molecule has 0 atom stereocenters. The van der Waals surface area contributed by atoms with Crippen LogP contribution < -0.4 is 5.32 Å². The van der Waals surface area contributed by atoms with E-state index in [2.05, 4.69) is 5.32 Å². The Morgan fingerprint density at radius 3 is 2.29 bits per heavy atom. The van der Waals surface area contributed by atoms with Gasteiger partial charge in [-0.2, -0.15) is 4.31 Å². The van der Waals surface area contributed by atoms with E-state index in [0.717, 1.165) is 12.8 Å². The van der Waals surface area contributed by atoms with Crippen LogP contribution in [0.3, 0.4) is 0 Å². The second-order valence-electron chi connectivity index (χ2n) is 6.54. The van der Waals surface area contributed by atoms with Crippen LogP contribution in [0, 0.1) is 0 Å². The topological polar surface area (TPSA) is 69.7 Å². The van der Waals surface area contributed by atoms with Crippen LogP contribution in [0.2, 0.25) is 0 Å². The Hall–Kier alpha value is -1.44. The fraction of sp³-hybridized carbons (Fsp3) is 0.588. The van der Waals surface area contributed by atoms with Gasteiger partial charge in [0.15, 0.2) is 0 Å². The lowest BCUT2D eigenvalue weighted by molar-refractivity contribution is -0.123. The first kappa shape index (κ1) is 17.4. The summed E-state index contributed by atoms with van der Waals surface area (Å²) in [6, 6.07) is 8.85. The molecule has 0 unspecified atom stereocenters.